The number of hydrogen-bond donors (Lipinski definition) is 2. The first-order valence-electron chi connectivity index (χ1n) is 6.89. The van der Waals surface area contributed by atoms with Gasteiger partial charge in [-0.1, -0.05) is 25.4 Å². The van der Waals surface area contributed by atoms with Gasteiger partial charge in [-0.25, -0.2) is 0 Å². The van der Waals surface area contributed by atoms with Crippen molar-refractivity contribution >= 4 is 22.5 Å². The number of rotatable bonds is 1. The van der Waals surface area contributed by atoms with E-state index in [1.807, 2.05) is 24.4 Å². The van der Waals surface area contributed by atoms with E-state index in [-0.39, 0.29) is 0 Å². The number of halogens is 1. The molecule has 1 fully saturated rings. The van der Waals surface area contributed by atoms with Crippen LogP contribution in [0.15, 0.2) is 24.4 Å². The molecule has 1 heterocycles. The quantitative estimate of drug-likeness (QED) is 0.785. The summed E-state index contributed by atoms with van der Waals surface area (Å²) in [6, 6.07) is 5.87. The molecule has 3 rings (SSSR count). The van der Waals surface area contributed by atoms with Crippen LogP contribution >= 0.6 is 11.6 Å². The summed E-state index contributed by atoms with van der Waals surface area (Å²) in [4.78, 5) is 3.18. The van der Waals surface area contributed by atoms with Gasteiger partial charge in [-0.05, 0) is 54.9 Å². The number of aromatic amines is 1. The Balaban J connectivity index is 2.06. The molecule has 1 aliphatic rings. The van der Waals surface area contributed by atoms with Gasteiger partial charge >= 0.3 is 0 Å². The first-order chi connectivity index (χ1) is 8.90. The fourth-order valence-corrected chi connectivity index (χ4v) is 3.34. The maximum atomic E-state index is 11.0. The molecule has 3 heteroatoms. The summed E-state index contributed by atoms with van der Waals surface area (Å²) < 4.78 is 0. The smallest absolute Gasteiger partial charge is 0.0904 e. The molecule has 1 aromatic heterocycles. The number of nitrogens with one attached hydrogen (secondary N) is 1. The van der Waals surface area contributed by atoms with E-state index < -0.39 is 5.60 Å². The monoisotopic (exact) mass is 277 g/mol. The van der Waals surface area contributed by atoms with Crippen LogP contribution in [0.5, 0.6) is 0 Å². The Hall–Kier alpha value is -0.990. The molecule has 0 atom stereocenters. The van der Waals surface area contributed by atoms with Gasteiger partial charge in [-0.15, -0.1) is 0 Å². The van der Waals surface area contributed by atoms with Gasteiger partial charge in [0.1, 0.15) is 0 Å². The number of aliphatic hydroxyl groups is 1. The SMILES string of the molecule is CC1(C)CCC(O)(c2cc(Cl)cc3[nH]ccc23)CC1. The summed E-state index contributed by atoms with van der Waals surface area (Å²) >= 11 is 6.19. The lowest BCUT2D eigenvalue weighted by atomic mass is 9.68. The van der Waals surface area contributed by atoms with Crippen LogP contribution < -0.4 is 0 Å². The maximum Gasteiger partial charge on any atom is 0.0904 e. The molecule has 0 radical (unpaired) electrons. The summed E-state index contributed by atoms with van der Waals surface area (Å²) in [7, 11) is 0. The average Bonchev–Trinajstić information content (AvgIpc) is 2.80. The topological polar surface area (TPSA) is 36.0 Å². The van der Waals surface area contributed by atoms with Crippen LogP contribution in [-0.2, 0) is 5.60 Å². The molecule has 0 amide bonds. The van der Waals surface area contributed by atoms with Crippen molar-refractivity contribution in [2.75, 3.05) is 0 Å². The molecular weight excluding hydrogens is 258 g/mol. The largest absolute Gasteiger partial charge is 0.385 e. The lowest BCUT2D eigenvalue weighted by Gasteiger charge is -2.40. The molecule has 0 bridgehead atoms. The lowest BCUT2D eigenvalue weighted by Crippen LogP contribution is -2.34. The van der Waals surface area contributed by atoms with Crippen molar-refractivity contribution in [1.82, 2.24) is 4.98 Å². The predicted molar refractivity (Wildman–Crippen MR) is 79.5 cm³/mol. The molecule has 0 spiro atoms. The van der Waals surface area contributed by atoms with Gasteiger partial charge in [0, 0.05) is 22.1 Å². The Morgan fingerprint density at radius 1 is 1.16 bits per heavy atom. The Labute approximate surface area is 118 Å². The van der Waals surface area contributed by atoms with Crippen LogP contribution in [0.3, 0.4) is 0 Å². The zero-order valence-electron chi connectivity index (χ0n) is 11.5. The summed E-state index contributed by atoms with van der Waals surface area (Å²) in [5, 5.41) is 12.8. The summed E-state index contributed by atoms with van der Waals surface area (Å²) in [6.07, 6.45) is 5.60. The molecule has 2 N–H and O–H groups in total. The minimum Gasteiger partial charge on any atom is -0.385 e. The first-order valence-corrected chi connectivity index (χ1v) is 7.27. The summed E-state index contributed by atoms with van der Waals surface area (Å²) in [5.41, 5.74) is 1.58. The minimum absolute atomic E-state index is 0.335. The normalized spacial score (nSPS) is 21.7. The highest BCUT2D eigenvalue weighted by molar-refractivity contribution is 6.31. The number of benzene rings is 1. The number of hydrogen-bond acceptors (Lipinski definition) is 1. The highest BCUT2D eigenvalue weighted by atomic mass is 35.5. The molecule has 102 valence electrons. The molecular formula is C16H20ClNO. The van der Waals surface area contributed by atoms with Gasteiger partial charge < -0.3 is 10.1 Å². The van der Waals surface area contributed by atoms with E-state index in [1.54, 1.807) is 0 Å². The van der Waals surface area contributed by atoms with Crippen LogP contribution in [0.1, 0.15) is 45.1 Å². The second-order valence-corrected chi connectivity index (χ2v) is 7.02. The molecule has 1 saturated carbocycles. The van der Waals surface area contributed by atoms with Crippen LogP contribution in [0.25, 0.3) is 10.9 Å². The molecule has 2 aromatic rings. The van der Waals surface area contributed by atoms with E-state index in [0.717, 1.165) is 42.1 Å². The second-order valence-electron chi connectivity index (χ2n) is 6.59. The van der Waals surface area contributed by atoms with Gasteiger partial charge in [0.15, 0.2) is 0 Å². The van der Waals surface area contributed by atoms with Gasteiger partial charge in [-0.2, -0.15) is 0 Å². The Kier molecular flexibility index (Phi) is 2.91. The fraction of sp³-hybridized carbons (Fsp3) is 0.500. The predicted octanol–water partition coefficient (Wildman–Crippen LogP) is 4.61. The van der Waals surface area contributed by atoms with Crippen LogP contribution in [0.4, 0.5) is 0 Å². The number of fused-ring (bicyclic) bond motifs is 1. The number of aromatic nitrogens is 1. The molecule has 0 unspecified atom stereocenters. The average molecular weight is 278 g/mol. The van der Waals surface area contributed by atoms with Crippen LogP contribution in [0.2, 0.25) is 5.02 Å². The van der Waals surface area contributed by atoms with Crippen LogP contribution in [0, 0.1) is 5.41 Å². The van der Waals surface area contributed by atoms with E-state index in [4.69, 9.17) is 11.6 Å². The van der Waals surface area contributed by atoms with Crippen molar-refractivity contribution in [3.8, 4) is 0 Å². The van der Waals surface area contributed by atoms with E-state index >= 15 is 0 Å². The molecule has 1 aliphatic carbocycles. The lowest BCUT2D eigenvalue weighted by molar-refractivity contribution is -0.0293. The molecule has 0 saturated heterocycles. The van der Waals surface area contributed by atoms with Crippen molar-refractivity contribution < 1.29 is 5.11 Å². The molecule has 1 aromatic carbocycles. The Morgan fingerprint density at radius 3 is 2.53 bits per heavy atom. The van der Waals surface area contributed by atoms with Gasteiger partial charge in [0.05, 0.1) is 5.60 Å². The molecule has 19 heavy (non-hydrogen) atoms. The van der Waals surface area contributed by atoms with Gasteiger partial charge in [0.25, 0.3) is 0 Å². The van der Waals surface area contributed by atoms with E-state index in [1.165, 1.54) is 0 Å². The minimum atomic E-state index is -0.735. The first kappa shape index (κ1) is 13.0. The van der Waals surface area contributed by atoms with Crippen molar-refractivity contribution in [3.05, 3.63) is 35.0 Å². The van der Waals surface area contributed by atoms with Crippen molar-refractivity contribution in [2.45, 2.75) is 45.1 Å². The fourth-order valence-electron chi connectivity index (χ4n) is 3.13. The zero-order chi connectivity index (χ0) is 13.7. The molecule has 0 aliphatic heterocycles. The van der Waals surface area contributed by atoms with Crippen molar-refractivity contribution in [1.29, 1.82) is 0 Å². The summed E-state index contributed by atoms with van der Waals surface area (Å²) in [5.74, 6) is 0. The third-order valence-corrected chi connectivity index (χ3v) is 4.78. The highest BCUT2D eigenvalue weighted by Gasteiger charge is 2.39. The summed E-state index contributed by atoms with van der Waals surface area (Å²) in [6.45, 7) is 4.55. The van der Waals surface area contributed by atoms with Crippen molar-refractivity contribution in [2.24, 2.45) is 5.41 Å². The zero-order valence-corrected chi connectivity index (χ0v) is 12.2. The van der Waals surface area contributed by atoms with E-state index in [9.17, 15) is 5.11 Å². The van der Waals surface area contributed by atoms with Gasteiger partial charge in [-0.3, -0.25) is 0 Å². The van der Waals surface area contributed by atoms with Crippen LogP contribution in [-0.4, -0.2) is 10.1 Å². The highest BCUT2D eigenvalue weighted by Crippen LogP contribution is 2.47. The Morgan fingerprint density at radius 2 is 1.84 bits per heavy atom. The third kappa shape index (κ3) is 2.28. The van der Waals surface area contributed by atoms with Gasteiger partial charge in [0.2, 0.25) is 0 Å². The number of H-pyrrole nitrogens is 1. The maximum absolute atomic E-state index is 11.0. The second kappa shape index (κ2) is 4.26. The van der Waals surface area contributed by atoms with E-state index in [2.05, 4.69) is 18.8 Å². The molecule has 2 nitrogen and oxygen atoms in total. The third-order valence-electron chi connectivity index (χ3n) is 4.57. The standard InChI is InChI=1S/C16H20ClNO/c1-15(2)4-6-16(19,7-5-15)13-9-11(17)10-14-12(13)3-8-18-14/h3,8-10,18-19H,4-7H2,1-2H3. The Bertz CT molecular complexity index is 604. The van der Waals surface area contributed by atoms with Crippen molar-refractivity contribution in [3.63, 3.8) is 0 Å². The van der Waals surface area contributed by atoms with E-state index in [0.29, 0.717) is 10.4 Å².